The Morgan fingerprint density at radius 2 is 1.58 bits per heavy atom. The molecule has 0 radical (unpaired) electrons. The van der Waals surface area contributed by atoms with Gasteiger partial charge in [0.25, 0.3) is 0 Å². The van der Waals surface area contributed by atoms with Gasteiger partial charge in [-0.25, -0.2) is 0 Å². The van der Waals surface area contributed by atoms with E-state index in [2.05, 4.69) is 42.7 Å². The first kappa shape index (κ1) is 14.0. The molecule has 0 aliphatic heterocycles. The maximum Gasteiger partial charge on any atom is 0.119 e. The van der Waals surface area contributed by atoms with Gasteiger partial charge in [-0.15, -0.1) is 11.8 Å². The number of thioether (sulfide) groups is 1. The van der Waals surface area contributed by atoms with Crippen LogP contribution < -0.4 is 10.5 Å². The molecule has 0 amide bonds. The quantitative estimate of drug-likeness (QED) is 0.818. The Balaban J connectivity index is 1.90. The van der Waals surface area contributed by atoms with Crippen molar-refractivity contribution in [1.29, 1.82) is 0 Å². The minimum absolute atomic E-state index is 0.599. The molecule has 0 spiro atoms. The van der Waals surface area contributed by atoms with Crippen LogP contribution in [0.2, 0.25) is 0 Å². The zero-order chi connectivity index (χ0) is 13.5. The van der Waals surface area contributed by atoms with Gasteiger partial charge in [0.1, 0.15) is 12.4 Å². The van der Waals surface area contributed by atoms with Gasteiger partial charge in [-0.2, -0.15) is 0 Å². The van der Waals surface area contributed by atoms with Gasteiger partial charge < -0.3 is 10.5 Å². The molecule has 0 bridgehead atoms. The predicted molar refractivity (Wildman–Crippen MR) is 81.8 cm³/mol. The zero-order valence-corrected chi connectivity index (χ0v) is 12.0. The number of rotatable bonds is 6. The summed E-state index contributed by atoms with van der Waals surface area (Å²) in [4.78, 5) is 1.25. The van der Waals surface area contributed by atoms with Crippen LogP contribution in [-0.4, -0.2) is 12.8 Å². The molecule has 2 nitrogen and oxygen atoms in total. The van der Waals surface area contributed by atoms with E-state index in [1.54, 1.807) is 11.8 Å². The van der Waals surface area contributed by atoms with E-state index in [0.29, 0.717) is 13.2 Å². The van der Waals surface area contributed by atoms with Crippen LogP contribution in [0.15, 0.2) is 53.4 Å². The number of benzene rings is 2. The van der Waals surface area contributed by atoms with E-state index < -0.39 is 0 Å². The molecule has 100 valence electrons. The Morgan fingerprint density at radius 1 is 0.947 bits per heavy atom. The molecule has 3 heteroatoms. The predicted octanol–water partition coefficient (Wildman–Crippen LogP) is 3.49. The smallest absolute Gasteiger partial charge is 0.119 e. The van der Waals surface area contributed by atoms with E-state index in [4.69, 9.17) is 10.5 Å². The highest BCUT2D eigenvalue weighted by Crippen LogP contribution is 2.19. The molecule has 0 aromatic heterocycles. The van der Waals surface area contributed by atoms with E-state index in [-0.39, 0.29) is 0 Å². The minimum atomic E-state index is 0.599. The molecule has 2 N–H and O–H groups in total. The van der Waals surface area contributed by atoms with E-state index in [1.165, 1.54) is 16.0 Å². The van der Waals surface area contributed by atoms with Crippen LogP contribution in [0.25, 0.3) is 0 Å². The van der Waals surface area contributed by atoms with Crippen molar-refractivity contribution in [1.82, 2.24) is 0 Å². The van der Waals surface area contributed by atoms with E-state index >= 15 is 0 Å². The van der Waals surface area contributed by atoms with Gasteiger partial charge in [-0.3, -0.25) is 0 Å². The number of ether oxygens (including phenoxy) is 1. The van der Waals surface area contributed by atoms with Crippen molar-refractivity contribution in [3.63, 3.8) is 0 Å². The molecule has 2 aromatic carbocycles. The van der Waals surface area contributed by atoms with Crippen molar-refractivity contribution in [2.24, 2.45) is 5.73 Å². The second-order valence-electron chi connectivity index (χ2n) is 4.32. The highest BCUT2D eigenvalue weighted by Gasteiger charge is 1.97. The maximum absolute atomic E-state index is 5.76. The first-order valence-corrected chi connectivity index (χ1v) is 7.59. The van der Waals surface area contributed by atoms with E-state index in [0.717, 1.165) is 12.2 Å². The Bertz CT molecular complexity index is 493. The fraction of sp³-hybridized carbons (Fsp3) is 0.250. The maximum atomic E-state index is 5.76. The van der Waals surface area contributed by atoms with Crippen molar-refractivity contribution in [2.75, 3.05) is 12.8 Å². The normalized spacial score (nSPS) is 10.4. The summed E-state index contributed by atoms with van der Waals surface area (Å²) in [6.45, 7) is 1.29. The average Bonchev–Trinajstić information content (AvgIpc) is 2.47. The fourth-order valence-corrected chi connectivity index (χ4v) is 2.22. The fourth-order valence-electron chi connectivity index (χ4n) is 1.81. The molecule has 2 aromatic rings. The SMILES string of the molecule is CSc1ccc(OCc2ccc(CCN)cc2)cc1. The van der Waals surface area contributed by atoms with Gasteiger partial charge in [0.15, 0.2) is 0 Å². The van der Waals surface area contributed by atoms with Crippen molar-refractivity contribution >= 4 is 11.8 Å². The summed E-state index contributed by atoms with van der Waals surface area (Å²) < 4.78 is 5.76. The Labute approximate surface area is 119 Å². The van der Waals surface area contributed by atoms with E-state index in [9.17, 15) is 0 Å². The summed E-state index contributed by atoms with van der Waals surface area (Å²) in [6, 6.07) is 16.6. The topological polar surface area (TPSA) is 35.2 Å². The second kappa shape index (κ2) is 7.22. The third kappa shape index (κ3) is 4.30. The summed E-state index contributed by atoms with van der Waals surface area (Å²) in [5.41, 5.74) is 7.98. The molecule has 0 aliphatic rings. The Kier molecular flexibility index (Phi) is 5.31. The lowest BCUT2D eigenvalue weighted by molar-refractivity contribution is 0.306. The molecular weight excluding hydrogens is 254 g/mol. The second-order valence-corrected chi connectivity index (χ2v) is 5.20. The number of nitrogens with two attached hydrogens (primary N) is 1. The monoisotopic (exact) mass is 273 g/mol. The molecule has 19 heavy (non-hydrogen) atoms. The highest BCUT2D eigenvalue weighted by atomic mass is 32.2. The molecule has 0 saturated heterocycles. The first-order chi connectivity index (χ1) is 9.31. The molecule has 2 rings (SSSR count). The summed E-state index contributed by atoms with van der Waals surface area (Å²) in [6.07, 6.45) is 3.00. The van der Waals surface area contributed by atoms with Crippen LogP contribution in [0.1, 0.15) is 11.1 Å². The van der Waals surface area contributed by atoms with Gasteiger partial charge in [0.05, 0.1) is 0 Å². The van der Waals surface area contributed by atoms with Gasteiger partial charge in [-0.1, -0.05) is 24.3 Å². The lowest BCUT2D eigenvalue weighted by atomic mass is 10.1. The Morgan fingerprint density at radius 3 is 2.16 bits per heavy atom. The molecule has 0 heterocycles. The molecule has 0 unspecified atom stereocenters. The van der Waals surface area contributed by atoms with Crippen LogP contribution in [0.4, 0.5) is 0 Å². The Hall–Kier alpha value is -1.45. The van der Waals surface area contributed by atoms with Crippen molar-refractivity contribution < 1.29 is 4.74 Å². The van der Waals surface area contributed by atoms with Crippen LogP contribution in [0, 0.1) is 0 Å². The summed E-state index contributed by atoms with van der Waals surface area (Å²) >= 11 is 1.73. The molecular formula is C16H19NOS. The van der Waals surface area contributed by atoms with Crippen LogP contribution >= 0.6 is 11.8 Å². The highest BCUT2D eigenvalue weighted by molar-refractivity contribution is 7.98. The largest absolute Gasteiger partial charge is 0.489 e. The van der Waals surface area contributed by atoms with Crippen LogP contribution in [0.5, 0.6) is 5.75 Å². The van der Waals surface area contributed by atoms with E-state index in [1.807, 2.05) is 12.1 Å². The zero-order valence-electron chi connectivity index (χ0n) is 11.1. The van der Waals surface area contributed by atoms with Crippen LogP contribution in [-0.2, 0) is 13.0 Å². The van der Waals surface area contributed by atoms with Gasteiger partial charge in [0, 0.05) is 4.90 Å². The van der Waals surface area contributed by atoms with Crippen molar-refractivity contribution in [3.05, 3.63) is 59.7 Å². The van der Waals surface area contributed by atoms with Crippen molar-refractivity contribution in [3.8, 4) is 5.75 Å². The molecule has 0 aliphatic carbocycles. The lowest BCUT2D eigenvalue weighted by Gasteiger charge is -2.07. The summed E-state index contributed by atoms with van der Waals surface area (Å²) in [5, 5.41) is 0. The number of hydrogen-bond donors (Lipinski definition) is 1. The van der Waals surface area contributed by atoms with Gasteiger partial charge in [0.2, 0.25) is 0 Å². The van der Waals surface area contributed by atoms with Crippen LogP contribution in [0.3, 0.4) is 0 Å². The third-order valence-corrected chi connectivity index (χ3v) is 3.66. The van der Waals surface area contributed by atoms with Crippen molar-refractivity contribution in [2.45, 2.75) is 17.9 Å². The lowest BCUT2D eigenvalue weighted by Crippen LogP contribution is -2.02. The summed E-state index contributed by atoms with van der Waals surface area (Å²) in [7, 11) is 0. The van der Waals surface area contributed by atoms with Gasteiger partial charge in [-0.05, 0) is 54.6 Å². The first-order valence-electron chi connectivity index (χ1n) is 6.36. The summed E-state index contributed by atoms with van der Waals surface area (Å²) in [5.74, 6) is 0.906. The molecule has 0 fully saturated rings. The number of hydrogen-bond acceptors (Lipinski definition) is 3. The van der Waals surface area contributed by atoms with Gasteiger partial charge >= 0.3 is 0 Å². The standard InChI is InChI=1S/C16H19NOS/c1-19-16-8-6-15(7-9-16)18-12-14-4-2-13(3-5-14)10-11-17/h2-9H,10-12,17H2,1H3. The molecule has 0 saturated carbocycles. The average molecular weight is 273 g/mol. The molecule has 0 atom stereocenters. The minimum Gasteiger partial charge on any atom is -0.489 e. The third-order valence-electron chi connectivity index (χ3n) is 2.92.